The minimum Gasteiger partial charge on any atom is -0.394 e. The van der Waals surface area contributed by atoms with E-state index in [2.05, 4.69) is 15.5 Å². The Hall–Kier alpha value is -1.59. The van der Waals surface area contributed by atoms with Gasteiger partial charge in [0.1, 0.15) is 0 Å². The molecule has 25 heavy (non-hydrogen) atoms. The molecule has 0 spiro atoms. The standard InChI is InChI=1S/C20H31N3O2/c24-15-18(13-16-7-2-1-3-8-16)22-20(25)21-14-17-9-6-12-23-11-5-4-10-19(17)23/h1-3,7-8,17-19,24H,4-6,9-15H2,(H2,21,22,25)/t17-,18-,19+/m0/s1. The zero-order chi connectivity index (χ0) is 17.5. The number of amides is 2. The summed E-state index contributed by atoms with van der Waals surface area (Å²) < 4.78 is 0. The summed E-state index contributed by atoms with van der Waals surface area (Å²) >= 11 is 0. The maximum Gasteiger partial charge on any atom is 0.315 e. The van der Waals surface area contributed by atoms with Crippen LogP contribution in [-0.2, 0) is 6.42 Å². The second-order valence-electron chi connectivity index (χ2n) is 7.42. The van der Waals surface area contributed by atoms with Gasteiger partial charge in [-0.05, 0) is 56.7 Å². The number of nitrogens with zero attached hydrogens (tertiary/aromatic N) is 1. The molecule has 0 radical (unpaired) electrons. The maximum atomic E-state index is 12.3. The fraction of sp³-hybridized carbons (Fsp3) is 0.650. The van der Waals surface area contributed by atoms with Crippen molar-refractivity contribution in [2.75, 3.05) is 26.2 Å². The van der Waals surface area contributed by atoms with Crippen LogP contribution in [0.4, 0.5) is 4.79 Å². The summed E-state index contributed by atoms with van der Waals surface area (Å²) in [5, 5.41) is 15.5. The molecule has 3 rings (SSSR count). The predicted molar refractivity (Wildman–Crippen MR) is 99.5 cm³/mol. The molecule has 2 aliphatic rings. The van der Waals surface area contributed by atoms with E-state index < -0.39 is 0 Å². The molecule has 2 fully saturated rings. The summed E-state index contributed by atoms with van der Waals surface area (Å²) in [6, 6.07) is 10.2. The predicted octanol–water partition coefficient (Wildman–Crippen LogP) is 2.15. The second kappa shape index (κ2) is 9.20. The van der Waals surface area contributed by atoms with Crippen LogP contribution in [0.2, 0.25) is 0 Å². The molecule has 1 aromatic rings. The Balaban J connectivity index is 1.45. The minimum absolute atomic E-state index is 0.0534. The van der Waals surface area contributed by atoms with E-state index in [1.807, 2.05) is 30.3 Å². The molecule has 0 bridgehead atoms. The van der Waals surface area contributed by atoms with Crippen molar-refractivity contribution in [3.63, 3.8) is 0 Å². The lowest BCUT2D eigenvalue weighted by Gasteiger charge is -2.44. The largest absolute Gasteiger partial charge is 0.394 e. The molecule has 3 atom stereocenters. The van der Waals surface area contributed by atoms with E-state index in [-0.39, 0.29) is 18.7 Å². The van der Waals surface area contributed by atoms with Crippen LogP contribution in [0.3, 0.4) is 0 Å². The van der Waals surface area contributed by atoms with Crippen LogP contribution in [0.15, 0.2) is 30.3 Å². The van der Waals surface area contributed by atoms with Gasteiger partial charge < -0.3 is 20.6 Å². The van der Waals surface area contributed by atoms with Crippen molar-refractivity contribution >= 4 is 6.03 Å². The second-order valence-corrected chi connectivity index (χ2v) is 7.42. The van der Waals surface area contributed by atoms with Crippen LogP contribution in [0.1, 0.15) is 37.7 Å². The number of hydrogen-bond donors (Lipinski definition) is 3. The van der Waals surface area contributed by atoms with E-state index in [9.17, 15) is 9.90 Å². The highest BCUT2D eigenvalue weighted by Gasteiger charge is 2.32. The molecule has 0 saturated carbocycles. The van der Waals surface area contributed by atoms with Gasteiger partial charge in [0.15, 0.2) is 0 Å². The summed E-state index contributed by atoms with van der Waals surface area (Å²) in [6.45, 7) is 3.12. The lowest BCUT2D eigenvalue weighted by atomic mass is 9.83. The van der Waals surface area contributed by atoms with E-state index in [4.69, 9.17) is 0 Å². The summed E-state index contributed by atoms with van der Waals surface area (Å²) in [5.74, 6) is 0.557. The third kappa shape index (κ3) is 5.19. The third-order valence-corrected chi connectivity index (χ3v) is 5.63. The van der Waals surface area contributed by atoms with E-state index >= 15 is 0 Å². The van der Waals surface area contributed by atoms with Crippen molar-refractivity contribution in [1.29, 1.82) is 0 Å². The molecule has 0 aromatic heterocycles. The van der Waals surface area contributed by atoms with Crippen molar-refractivity contribution < 1.29 is 9.90 Å². The number of carbonyl (C=O) groups excluding carboxylic acids is 1. The van der Waals surface area contributed by atoms with Crippen LogP contribution in [-0.4, -0.2) is 54.4 Å². The zero-order valence-electron chi connectivity index (χ0n) is 15.0. The molecule has 1 aromatic carbocycles. The number of benzene rings is 1. The van der Waals surface area contributed by atoms with Gasteiger partial charge in [0.25, 0.3) is 0 Å². The number of carbonyl (C=O) groups is 1. The van der Waals surface area contributed by atoms with Gasteiger partial charge in [-0.1, -0.05) is 36.8 Å². The lowest BCUT2D eigenvalue weighted by Crippen LogP contribution is -2.52. The average molecular weight is 345 g/mol. The molecule has 2 amide bonds. The van der Waals surface area contributed by atoms with Crippen molar-refractivity contribution in [2.45, 2.75) is 50.6 Å². The van der Waals surface area contributed by atoms with Crippen LogP contribution >= 0.6 is 0 Å². The molecule has 0 unspecified atom stereocenters. The molecule has 5 heteroatoms. The molecule has 2 aliphatic heterocycles. The fourth-order valence-corrected chi connectivity index (χ4v) is 4.34. The number of fused-ring (bicyclic) bond motifs is 1. The number of aliphatic hydroxyl groups excluding tert-OH is 1. The van der Waals surface area contributed by atoms with E-state index in [0.29, 0.717) is 18.4 Å². The van der Waals surface area contributed by atoms with Gasteiger partial charge in [-0.25, -0.2) is 4.79 Å². The van der Waals surface area contributed by atoms with Crippen LogP contribution in [0.5, 0.6) is 0 Å². The van der Waals surface area contributed by atoms with Gasteiger partial charge in [-0.3, -0.25) is 0 Å². The van der Waals surface area contributed by atoms with Crippen LogP contribution in [0.25, 0.3) is 0 Å². The monoisotopic (exact) mass is 345 g/mol. The molecular weight excluding hydrogens is 314 g/mol. The molecule has 138 valence electrons. The molecule has 5 nitrogen and oxygen atoms in total. The number of aliphatic hydroxyl groups is 1. The number of piperidine rings is 2. The van der Waals surface area contributed by atoms with E-state index in [1.165, 1.54) is 45.2 Å². The highest BCUT2D eigenvalue weighted by molar-refractivity contribution is 5.74. The Bertz CT molecular complexity index is 535. The van der Waals surface area contributed by atoms with Gasteiger partial charge >= 0.3 is 6.03 Å². The molecule has 0 aliphatic carbocycles. The number of nitrogens with one attached hydrogen (secondary N) is 2. The molecule has 3 N–H and O–H groups in total. The molecular formula is C20H31N3O2. The van der Waals surface area contributed by atoms with Gasteiger partial charge in [-0.2, -0.15) is 0 Å². The molecule has 2 heterocycles. The summed E-state index contributed by atoms with van der Waals surface area (Å²) in [4.78, 5) is 14.9. The van der Waals surface area contributed by atoms with Crippen molar-refractivity contribution in [3.8, 4) is 0 Å². The highest BCUT2D eigenvalue weighted by Crippen LogP contribution is 2.30. The zero-order valence-corrected chi connectivity index (χ0v) is 15.0. The SMILES string of the molecule is O=C(NC[C@@H]1CCCN2CCCC[C@H]12)N[C@H](CO)Cc1ccccc1. The first kappa shape index (κ1) is 18.2. The minimum atomic E-state index is -0.250. The summed E-state index contributed by atoms with van der Waals surface area (Å²) in [6.07, 6.45) is 6.97. The first-order valence-electron chi connectivity index (χ1n) is 9.69. The van der Waals surface area contributed by atoms with Crippen LogP contribution in [0, 0.1) is 5.92 Å². The van der Waals surface area contributed by atoms with Gasteiger partial charge in [-0.15, -0.1) is 0 Å². The van der Waals surface area contributed by atoms with Crippen LogP contribution < -0.4 is 10.6 Å². The first-order valence-corrected chi connectivity index (χ1v) is 9.69. The summed E-state index contributed by atoms with van der Waals surface area (Å²) in [5.41, 5.74) is 1.12. The van der Waals surface area contributed by atoms with Gasteiger partial charge in [0.05, 0.1) is 12.6 Å². The Morgan fingerprint density at radius 2 is 1.96 bits per heavy atom. The van der Waals surface area contributed by atoms with Crippen molar-refractivity contribution in [1.82, 2.24) is 15.5 Å². The quantitative estimate of drug-likeness (QED) is 0.740. The lowest BCUT2D eigenvalue weighted by molar-refractivity contribution is 0.0604. The normalized spacial score (nSPS) is 25.0. The van der Waals surface area contributed by atoms with Crippen molar-refractivity contribution in [2.24, 2.45) is 5.92 Å². The number of hydrogen-bond acceptors (Lipinski definition) is 3. The Morgan fingerprint density at radius 3 is 2.76 bits per heavy atom. The van der Waals surface area contributed by atoms with E-state index in [0.717, 1.165) is 12.1 Å². The Morgan fingerprint density at radius 1 is 1.16 bits per heavy atom. The highest BCUT2D eigenvalue weighted by atomic mass is 16.3. The fourth-order valence-electron chi connectivity index (χ4n) is 4.34. The van der Waals surface area contributed by atoms with Gasteiger partial charge in [0, 0.05) is 12.6 Å². The third-order valence-electron chi connectivity index (χ3n) is 5.63. The van der Waals surface area contributed by atoms with Gasteiger partial charge in [0.2, 0.25) is 0 Å². The maximum absolute atomic E-state index is 12.3. The first-order chi connectivity index (χ1) is 12.3. The number of rotatable bonds is 6. The topological polar surface area (TPSA) is 64.6 Å². The molecule has 2 saturated heterocycles. The number of urea groups is 1. The smallest absolute Gasteiger partial charge is 0.315 e. The Labute approximate surface area is 150 Å². The average Bonchev–Trinajstić information content (AvgIpc) is 2.66. The summed E-state index contributed by atoms with van der Waals surface area (Å²) in [7, 11) is 0. The van der Waals surface area contributed by atoms with E-state index in [1.54, 1.807) is 0 Å². The van der Waals surface area contributed by atoms with Crippen molar-refractivity contribution in [3.05, 3.63) is 35.9 Å². The Kier molecular flexibility index (Phi) is 6.70.